The van der Waals surface area contributed by atoms with Crippen molar-refractivity contribution in [1.82, 2.24) is 0 Å². The smallest absolute Gasteiger partial charge is 1.00 e. The van der Waals surface area contributed by atoms with E-state index in [2.05, 4.69) is 6.07 Å². The van der Waals surface area contributed by atoms with Crippen LogP contribution in [0, 0.1) is 11.9 Å². The standard InChI is InChI=1S/C13H9ClFO.BrH.Mg/c14-11-7-4-8-12(13(11)15)16-9-10-5-2-1-3-6-10;;/h1-5,7-8H,9H2;1H;/q-1;;+2/p-1. The molecule has 2 rings (SSSR count). The first-order valence-corrected chi connectivity index (χ1v) is 5.17. The van der Waals surface area contributed by atoms with Gasteiger partial charge in [-0.2, -0.15) is 30.3 Å². The number of hydrogen-bond donors (Lipinski definition) is 0. The van der Waals surface area contributed by atoms with Crippen LogP contribution < -0.4 is 21.7 Å². The van der Waals surface area contributed by atoms with E-state index in [0.29, 0.717) is 0 Å². The van der Waals surface area contributed by atoms with E-state index in [0.717, 1.165) is 5.56 Å². The molecule has 0 aliphatic heterocycles. The van der Waals surface area contributed by atoms with Gasteiger partial charge in [0.15, 0.2) is 11.6 Å². The van der Waals surface area contributed by atoms with E-state index in [1.807, 2.05) is 18.2 Å². The molecule has 90 valence electrons. The van der Waals surface area contributed by atoms with E-state index < -0.39 is 5.82 Å². The second kappa shape index (κ2) is 8.75. The summed E-state index contributed by atoms with van der Waals surface area (Å²) in [4.78, 5) is 0. The molecule has 0 aliphatic carbocycles. The van der Waals surface area contributed by atoms with Crippen molar-refractivity contribution in [2.75, 3.05) is 0 Å². The van der Waals surface area contributed by atoms with Gasteiger partial charge in [-0.05, 0) is 12.1 Å². The van der Waals surface area contributed by atoms with Crippen molar-refractivity contribution in [2.45, 2.75) is 6.61 Å². The monoisotopic (exact) mass is 338 g/mol. The van der Waals surface area contributed by atoms with Crippen molar-refractivity contribution in [2.24, 2.45) is 0 Å². The number of hydrogen-bond acceptors (Lipinski definition) is 1. The first-order valence-electron chi connectivity index (χ1n) is 4.80. The Morgan fingerprint density at radius 1 is 1.17 bits per heavy atom. The fourth-order valence-electron chi connectivity index (χ4n) is 1.27. The summed E-state index contributed by atoms with van der Waals surface area (Å²) in [6.45, 7) is 0.276. The Labute approximate surface area is 137 Å². The van der Waals surface area contributed by atoms with Gasteiger partial charge in [-0.25, -0.2) is 4.39 Å². The minimum absolute atomic E-state index is 0. The third-order valence-electron chi connectivity index (χ3n) is 2.07. The van der Waals surface area contributed by atoms with Crippen LogP contribution >= 0.6 is 11.6 Å². The van der Waals surface area contributed by atoms with Gasteiger partial charge >= 0.3 is 23.1 Å². The molecule has 1 nitrogen and oxygen atoms in total. The minimum atomic E-state index is -0.528. The Kier molecular flexibility index (Phi) is 8.60. The molecule has 0 amide bonds. The van der Waals surface area contributed by atoms with Crippen LogP contribution in [-0.4, -0.2) is 23.1 Å². The molecular weight excluding hydrogens is 331 g/mol. The van der Waals surface area contributed by atoms with Crippen LogP contribution in [0.4, 0.5) is 4.39 Å². The maximum Gasteiger partial charge on any atom is 2.00 e. The predicted octanol–water partition coefficient (Wildman–Crippen LogP) is 0.481. The van der Waals surface area contributed by atoms with Crippen LogP contribution in [-0.2, 0) is 6.61 Å². The van der Waals surface area contributed by atoms with Gasteiger partial charge in [0, 0.05) is 0 Å². The molecule has 0 bridgehead atoms. The number of halogens is 3. The average Bonchev–Trinajstić information content (AvgIpc) is 2.32. The molecule has 0 heterocycles. The SMILES string of the molecule is Fc1c(Cl)cccc1OCc1[c-]cccc1.[Br-].[Mg+2]. The van der Waals surface area contributed by atoms with Crippen molar-refractivity contribution in [3.63, 3.8) is 0 Å². The first kappa shape index (κ1) is 17.7. The number of rotatable bonds is 3. The molecule has 0 aliphatic rings. The van der Waals surface area contributed by atoms with Gasteiger partial charge in [-0.3, -0.25) is 0 Å². The Bertz CT molecular complexity index is 482. The van der Waals surface area contributed by atoms with Crippen LogP contribution in [0.3, 0.4) is 0 Å². The average molecular weight is 340 g/mol. The summed E-state index contributed by atoms with van der Waals surface area (Å²) in [6.07, 6.45) is 0. The maximum absolute atomic E-state index is 13.4. The predicted molar refractivity (Wildman–Crippen MR) is 66.8 cm³/mol. The van der Waals surface area contributed by atoms with Gasteiger partial charge in [0.05, 0.1) is 11.6 Å². The Hall–Kier alpha value is -0.294. The van der Waals surface area contributed by atoms with Crippen molar-refractivity contribution < 1.29 is 26.1 Å². The van der Waals surface area contributed by atoms with Crippen LogP contribution in [0.1, 0.15) is 5.56 Å². The summed E-state index contributed by atoms with van der Waals surface area (Å²) in [6, 6.07) is 15.1. The van der Waals surface area contributed by atoms with Crippen molar-refractivity contribution in [3.05, 3.63) is 64.9 Å². The van der Waals surface area contributed by atoms with E-state index in [4.69, 9.17) is 16.3 Å². The molecule has 0 saturated heterocycles. The molecule has 0 atom stereocenters. The summed E-state index contributed by atoms with van der Waals surface area (Å²) in [5.74, 6) is -0.371. The summed E-state index contributed by atoms with van der Waals surface area (Å²) in [5.41, 5.74) is 0.863. The second-order valence-corrected chi connectivity index (χ2v) is 3.64. The summed E-state index contributed by atoms with van der Waals surface area (Å²) in [7, 11) is 0. The molecule has 2 aromatic carbocycles. The molecule has 0 saturated carbocycles. The fraction of sp³-hybridized carbons (Fsp3) is 0.0769. The molecule has 0 aromatic heterocycles. The van der Waals surface area contributed by atoms with Gasteiger partial charge in [-0.1, -0.05) is 17.7 Å². The molecule has 0 N–H and O–H groups in total. The summed E-state index contributed by atoms with van der Waals surface area (Å²) < 4.78 is 18.8. The largest absolute Gasteiger partial charge is 2.00 e. The van der Waals surface area contributed by atoms with Gasteiger partial charge in [0.2, 0.25) is 0 Å². The van der Waals surface area contributed by atoms with E-state index in [1.54, 1.807) is 18.2 Å². The molecule has 5 heteroatoms. The molecular formula is C13H9BrClFMgO. The zero-order chi connectivity index (χ0) is 11.4. The minimum Gasteiger partial charge on any atom is -1.00 e. The Morgan fingerprint density at radius 3 is 2.61 bits per heavy atom. The Morgan fingerprint density at radius 2 is 1.94 bits per heavy atom. The van der Waals surface area contributed by atoms with Gasteiger partial charge in [-0.15, -0.1) is 5.56 Å². The molecule has 0 unspecified atom stereocenters. The fourth-order valence-corrected chi connectivity index (χ4v) is 1.44. The summed E-state index contributed by atoms with van der Waals surface area (Å²) in [5, 5.41) is 0.0644. The second-order valence-electron chi connectivity index (χ2n) is 3.23. The molecule has 0 fully saturated rings. The van der Waals surface area contributed by atoms with Crippen LogP contribution in [0.15, 0.2) is 42.5 Å². The van der Waals surface area contributed by atoms with Crippen molar-refractivity contribution in [1.29, 1.82) is 0 Å². The Balaban J connectivity index is 0.00000144. The molecule has 2 aromatic rings. The third kappa shape index (κ3) is 4.76. The van der Waals surface area contributed by atoms with Gasteiger partial charge in [0.1, 0.15) is 0 Å². The van der Waals surface area contributed by atoms with Crippen LogP contribution in [0.25, 0.3) is 0 Å². The van der Waals surface area contributed by atoms with Crippen molar-refractivity contribution >= 4 is 34.7 Å². The topological polar surface area (TPSA) is 9.23 Å². The van der Waals surface area contributed by atoms with Crippen LogP contribution in [0.2, 0.25) is 5.02 Å². The quantitative estimate of drug-likeness (QED) is 0.584. The van der Waals surface area contributed by atoms with Crippen LogP contribution in [0.5, 0.6) is 5.75 Å². The van der Waals surface area contributed by atoms with Gasteiger partial charge < -0.3 is 21.7 Å². The third-order valence-corrected chi connectivity index (χ3v) is 2.36. The zero-order valence-electron chi connectivity index (χ0n) is 9.50. The molecule has 0 radical (unpaired) electrons. The van der Waals surface area contributed by atoms with Crippen molar-refractivity contribution in [3.8, 4) is 5.75 Å². The number of benzene rings is 2. The van der Waals surface area contributed by atoms with Gasteiger partial charge in [0.25, 0.3) is 0 Å². The molecule has 18 heavy (non-hydrogen) atoms. The first-order chi connectivity index (χ1) is 7.77. The molecule has 0 spiro atoms. The van der Waals surface area contributed by atoms with E-state index in [-0.39, 0.29) is 57.4 Å². The number of ether oxygens (including phenoxy) is 1. The van der Waals surface area contributed by atoms with E-state index >= 15 is 0 Å². The normalized spacial score (nSPS) is 9.00. The van der Waals surface area contributed by atoms with E-state index in [1.165, 1.54) is 6.07 Å². The summed E-state index contributed by atoms with van der Waals surface area (Å²) >= 11 is 5.63. The maximum atomic E-state index is 13.4. The van der Waals surface area contributed by atoms with E-state index in [9.17, 15) is 4.39 Å². The zero-order valence-corrected chi connectivity index (χ0v) is 13.3.